The standard InChI is InChI=1S/C21H20FN3O2S/c1-12(2)19(13-5-7-14(22)8-6-13)23-10-17-24-20(26)18-15(11-28-21(18)25-17)16-4-3-9-27-16/h3-9,11-12,19,23H,10H2,1-2H3,(H,24,25,26)/p+1/t19-/m0/s1. The first kappa shape index (κ1) is 18.6. The quantitative estimate of drug-likeness (QED) is 0.518. The minimum atomic E-state index is -0.243. The molecular weight excluding hydrogens is 377 g/mol. The number of furan rings is 1. The van der Waals surface area contributed by atoms with Crippen LogP contribution in [0.15, 0.2) is 57.3 Å². The van der Waals surface area contributed by atoms with Gasteiger partial charge in [0, 0.05) is 22.4 Å². The molecule has 0 amide bonds. The number of aromatic nitrogens is 2. The van der Waals surface area contributed by atoms with Gasteiger partial charge < -0.3 is 14.7 Å². The van der Waals surface area contributed by atoms with Gasteiger partial charge in [0.1, 0.15) is 29.0 Å². The summed E-state index contributed by atoms with van der Waals surface area (Å²) in [7, 11) is 0. The van der Waals surface area contributed by atoms with E-state index in [1.54, 1.807) is 12.3 Å². The predicted octanol–water partition coefficient (Wildman–Crippen LogP) is 3.84. The summed E-state index contributed by atoms with van der Waals surface area (Å²) < 4.78 is 18.7. The average molecular weight is 398 g/mol. The van der Waals surface area contributed by atoms with E-state index in [4.69, 9.17) is 4.42 Å². The van der Waals surface area contributed by atoms with Gasteiger partial charge in [-0.25, -0.2) is 9.37 Å². The molecule has 0 fully saturated rings. The normalized spacial score (nSPS) is 12.7. The van der Waals surface area contributed by atoms with Crippen LogP contribution in [-0.2, 0) is 6.54 Å². The minimum Gasteiger partial charge on any atom is -0.464 e. The van der Waals surface area contributed by atoms with Gasteiger partial charge in [0.05, 0.1) is 11.6 Å². The molecule has 7 heteroatoms. The van der Waals surface area contributed by atoms with E-state index >= 15 is 0 Å². The van der Waals surface area contributed by atoms with Crippen LogP contribution in [0.1, 0.15) is 31.3 Å². The molecule has 0 aliphatic heterocycles. The van der Waals surface area contributed by atoms with Crippen molar-refractivity contribution in [1.29, 1.82) is 0 Å². The monoisotopic (exact) mass is 398 g/mol. The van der Waals surface area contributed by atoms with Crippen molar-refractivity contribution in [2.45, 2.75) is 26.4 Å². The zero-order chi connectivity index (χ0) is 19.7. The summed E-state index contributed by atoms with van der Waals surface area (Å²) in [6.45, 7) is 4.77. The van der Waals surface area contributed by atoms with Crippen LogP contribution >= 0.6 is 11.3 Å². The number of nitrogens with one attached hydrogen (secondary N) is 1. The number of H-pyrrole nitrogens is 1. The molecule has 0 bridgehead atoms. The number of hydrogen-bond acceptors (Lipinski definition) is 4. The number of nitrogens with two attached hydrogens (primary N) is 1. The van der Waals surface area contributed by atoms with Crippen molar-refractivity contribution >= 4 is 21.6 Å². The van der Waals surface area contributed by atoms with Gasteiger partial charge in [-0.3, -0.25) is 4.79 Å². The van der Waals surface area contributed by atoms with Gasteiger partial charge in [0.15, 0.2) is 5.82 Å². The maximum atomic E-state index is 13.2. The first-order valence-electron chi connectivity index (χ1n) is 9.16. The van der Waals surface area contributed by atoms with Crippen molar-refractivity contribution < 1.29 is 14.1 Å². The number of quaternary nitrogens is 1. The Bertz CT molecular complexity index is 1130. The highest BCUT2D eigenvalue weighted by molar-refractivity contribution is 7.17. The summed E-state index contributed by atoms with van der Waals surface area (Å²) in [5.74, 6) is 1.38. The van der Waals surface area contributed by atoms with Gasteiger partial charge in [-0.05, 0) is 24.3 Å². The lowest BCUT2D eigenvalue weighted by molar-refractivity contribution is -0.718. The fourth-order valence-corrected chi connectivity index (χ4v) is 4.37. The largest absolute Gasteiger partial charge is 0.464 e. The van der Waals surface area contributed by atoms with Gasteiger partial charge in [0.2, 0.25) is 0 Å². The molecule has 3 N–H and O–H groups in total. The van der Waals surface area contributed by atoms with Crippen molar-refractivity contribution in [2.24, 2.45) is 5.92 Å². The summed E-state index contributed by atoms with van der Waals surface area (Å²) in [6.07, 6.45) is 1.59. The van der Waals surface area contributed by atoms with Crippen molar-refractivity contribution in [2.75, 3.05) is 0 Å². The molecule has 4 aromatic rings. The topological polar surface area (TPSA) is 75.5 Å². The van der Waals surface area contributed by atoms with Crippen molar-refractivity contribution in [3.8, 4) is 11.3 Å². The lowest BCUT2D eigenvalue weighted by Crippen LogP contribution is -2.85. The summed E-state index contributed by atoms with van der Waals surface area (Å²) in [5.41, 5.74) is 1.65. The van der Waals surface area contributed by atoms with Gasteiger partial charge in [-0.15, -0.1) is 11.3 Å². The summed E-state index contributed by atoms with van der Waals surface area (Å²) in [5, 5.41) is 4.58. The van der Waals surface area contributed by atoms with Crippen LogP contribution in [0.5, 0.6) is 0 Å². The Kier molecular flexibility index (Phi) is 5.11. The molecule has 0 saturated heterocycles. The fraction of sp³-hybridized carbons (Fsp3) is 0.238. The fourth-order valence-electron chi connectivity index (χ4n) is 3.42. The highest BCUT2D eigenvalue weighted by Crippen LogP contribution is 2.30. The van der Waals surface area contributed by atoms with E-state index in [0.717, 1.165) is 11.1 Å². The smallest absolute Gasteiger partial charge is 0.260 e. The van der Waals surface area contributed by atoms with E-state index in [0.29, 0.717) is 34.3 Å². The third-order valence-electron chi connectivity index (χ3n) is 4.82. The van der Waals surface area contributed by atoms with Crippen molar-refractivity contribution in [3.05, 3.63) is 75.6 Å². The number of halogens is 1. The second-order valence-corrected chi connectivity index (χ2v) is 7.94. The molecule has 0 radical (unpaired) electrons. The van der Waals surface area contributed by atoms with E-state index in [-0.39, 0.29) is 17.4 Å². The maximum absolute atomic E-state index is 13.2. The van der Waals surface area contributed by atoms with Crippen LogP contribution in [0.4, 0.5) is 4.39 Å². The molecule has 3 heterocycles. The Morgan fingerprint density at radius 3 is 2.71 bits per heavy atom. The van der Waals surface area contributed by atoms with Gasteiger partial charge >= 0.3 is 0 Å². The van der Waals surface area contributed by atoms with Crippen LogP contribution in [0.25, 0.3) is 21.5 Å². The molecular formula is C21H21FN3O2S+. The van der Waals surface area contributed by atoms with Gasteiger partial charge in [-0.1, -0.05) is 26.0 Å². The zero-order valence-electron chi connectivity index (χ0n) is 15.6. The minimum absolute atomic E-state index is 0.142. The third kappa shape index (κ3) is 3.63. The first-order valence-corrected chi connectivity index (χ1v) is 10.0. The van der Waals surface area contributed by atoms with E-state index in [9.17, 15) is 9.18 Å². The SMILES string of the molecule is CC(C)[C@H]([NH2+]Cc1nc2scc(-c3ccco3)c2c(=O)[nH]1)c1ccc(F)cc1. The Hall–Kier alpha value is -2.77. The molecule has 28 heavy (non-hydrogen) atoms. The molecule has 3 aromatic heterocycles. The molecule has 0 spiro atoms. The molecule has 144 valence electrons. The number of hydrogen-bond donors (Lipinski definition) is 2. The van der Waals surface area contributed by atoms with Crippen LogP contribution in [0.3, 0.4) is 0 Å². The molecule has 1 aromatic carbocycles. The van der Waals surface area contributed by atoms with E-state index in [1.807, 2.05) is 23.6 Å². The molecule has 0 saturated carbocycles. The predicted molar refractivity (Wildman–Crippen MR) is 108 cm³/mol. The van der Waals surface area contributed by atoms with E-state index in [1.165, 1.54) is 23.5 Å². The van der Waals surface area contributed by atoms with Crippen LogP contribution < -0.4 is 10.9 Å². The molecule has 5 nitrogen and oxygen atoms in total. The van der Waals surface area contributed by atoms with Crippen LogP contribution in [-0.4, -0.2) is 9.97 Å². The second-order valence-electron chi connectivity index (χ2n) is 7.08. The van der Waals surface area contributed by atoms with Gasteiger partial charge in [0.25, 0.3) is 5.56 Å². The number of fused-ring (bicyclic) bond motifs is 1. The third-order valence-corrected chi connectivity index (χ3v) is 5.69. The number of nitrogens with zero attached hydrogens (tertiary/aromatic N) is 1. The lowest BCUT2D eigenvalue weighted by Gasteiger charge is -2.19. The number of aromatic amines is 1. The highest BCUT2D eigenvalue weighted by atomic mass is 32.1. The van der Waals surface area contributed by atoms with Crippen molar-refractivity contribution in [3.63, 3.8) is 0 Å². The van der Waals surface area contributed by atoms with E-state index in [2.05, 4.69) is 29.1 Å². The molecule has 4 rings (SSSR count). The Labute approximate surface area is 165 Å². The molecule has 0 unspecified atom stereocenters. The number of benzene rings is 1. The summed E-state index contributed by atoms with van der Waals surface area (Å²) in [6, 6.07) is 10.3. The Balaban J connectivity index is 1.59. The molecule has 1 atom stereocenters. The molecule has 0 aliphatic rings. The zero-order valence-corrected chi connectivity index (χ0v) is 16.4. The van der Waals surface area contributed by atoms with Gasteiger partial charge in [-0.2, -0.15) is 0 Å². The van der Waals surface area contributed by atoms with Crippen LogP contribution in [0.2, 0.25) is 0 Å². The number of rotatable bonds is 6. The second kappa shape index (κ2) is 7.69. The Morgan fingerprint density at radius 2 is 2.04 bits per heavy atom. The summed E-state index contributed by atoms with van der Waals surface area (Å²) in [4.78, 5) is 20.9. The maximum Gasteiger partial charge on any atom is 0.260 e. The van der Waals surface area contributed by atoms with E-state index < -0.39 is 0 Å². The highest BCUT2D eigenvalue weighted by Gasteiger charge is 2.21. The average Bonchev–Trinajstić information content (AvgIpc) is 3.32. The Morgan fingerprint density at radius 1 is 1.25 bits per heavy atom. The first-order chi connectivity index (χ1) is 13.5. The molecule has 0 aliphatic carbocycles. The van der Waals surface area contributed by atoms with Crippen molar-refractivity contribution in [1.82, 2.24) is 9.97 Å². The number of thiophene rings is 1. The van der Waals surface area contributed by atoms with Crippen LogP contribution in [0, 0.1) is 11.7 Å². The lowest BCUT2D eigenvalue weighted by atomic mass is 9.96. The summed E-state index contributed by atoms with van der Waals surface area (Å²) >= 11 is 1.43.